The highest BCUT2D eigenvalue weighted by Gasteiger charge is 2.20. The van der Waals surface area contributed by atoms with Crippen LogP contribution >= 0.6 is 0 Å². The van der Waals surface area contributed by atoms with Gasteiger partial charge in [0.2, 0.25) is 0 Å². The van der Waals surface area contributed by atoms with E-state index in [2.05, 4.69) is 10.1 Å². The van der Waals surface area contributed by atoms with Crippen LogP contribution in [0.15, 0.2) is 42.6 Å². The van der Waals surface area contributed by atoms with E-state index in [4.69, 9.17) is 0 Å². The van der Waals surface area contributed by atoms with Crippen molar-refractivity contribution in [1.29, 1.82) is 5.26 Å². The highest BCUT2D eigenvalue weighted by molar-refractivity contribution is 5.77. The molecule has 0 unspecified atom stereocenters. The fraction of sp³-hybridized carbons (Fsp3) is 0.238. The third kappa shape index (κ3) is 4.15. The van der Waals surface area contributed by atoms with E-state index in [1.54, 1.807) is 45.4 Å². The van der Waals surface area contributed by atoms with Crippen LogP contribution in [0, 0.1) is 17.1 Å². The van der Waals surface area contributed by atoms with Gasteiger partial charge in [0.1, 0.15) is 11.9 Å². The summed E-state index contributed by atoms with van der Waals surface area (Å²) in [5.74, 6) is -0.449. The monoisotopic (exact) mass is 393 g/mol. The average Bonchev–Trinajstić information content (AvgIpc) is 3.10. The lowest BCUT2D eigenvalue weighted by atomic mass is 9.95. The van der Waals surface area contributed by atoms with Crippen molar-refractivity contribution in [2.45, 2.75) is 19.4 Å². The zero-order chi connectivity index (χ0) is 21.1. The number of nitriles is 1. The van der Waals surface area contributed by atoms with Gasteiger partial charge in [0, 0.05) is 32.3 Å². The van der Waals surface area contributed by atoms with Crippen LogP contribution in [0.4, 0.5) is 9.18 Å². The van der Waals surface area contributed by atoms with Gasteiger partial charge in [0.05, 0.1) is 17.5 Å². The Hall–Kier alpha value is -3.57. The average molecular weight is 393 g/mol. The Morgan fingerprint density at radius 1 is 1.34 bits per heavy atom. The molecule has 0 saturated heterocycles. The minimum atomic E-state index is -0.887. The molecule has 2 heterocycles. The van der Waals surface area contributed by atoms with Crippen molar-refractivity contribution in [2.75, 3.05) is 14.1 Å². The fourth-order valence-corrected chi connectivity index (χ4v) is 3.07. The molecule has 3 aromatic rings. The van der Waals surface area contributed by atoms with Gasteiger partial charge in [-0.3, -0.25) is 4.98 Å². The summed E-state index contributed by atoms with van der Waals surface area (Å²) < 4.78 is 14.9. The zero-order valence-electron chi connectivity index (χ0n) is 16.3. The molecular weight excluding hydrogens is 373 g/mol. The van der Waals surface area contributed by atoms with Crippen LogP contribution < -0.4 is 0 Å². The Balaban J connectivity index is 2.10. The molecule has 0 spiro atoms. The van der Waals surface area contributed by atoms with Crippen LogP contribution in [0.25, 0.3) is 11.3 Å². The van der Waals surface area contributed by atoms with Gasteiger partial charge in [-0.25, -0.2) is 9.18 Å². The summed E-state index contributed by atoms with van der Waals surface area (Å²) in [5.41, 5.74) is 2.98. The largest absolute Gasteiger partial charge is 0.389 e. The summed E-state index contributed by atoms with van der Waals surface area (Å²) in [6, 6.07) is 10.9. The number of hydrogen-bond acceptors (Lipinski definition) is 5. The first-order valence-electron chi connectivity index (χ1n) is 8.94. The first-order valence-corrected chi connectivity index (χ1v) is 8.94. The van der Waals surface area contributed by atoms with Crippen molar-refractivity contribution in [3.05, 3.63) is 70.9 Å². The van der Waals surface area contributed by atoms with Crippen LogP contribution in [-0.2, 0) is 6.42 Å². The van der Waals surface area contributed by atoms with Crippen LogP contribution in [0.5, 0.6) is 0 Å². The standard InChI is InChI=1S/C21H20FN5O2/c1-13(28)19-10-15(22)6-7-18(19)20-14(5-4-8-24-20)9-17-11-16(12-23)25-27(17)21(29)26(2)3/h4-8,10-11,13,28H,9H2,1-3H3/t13-/m1/s1. The normalized spacial score (nSPS) is 11.7. The van der Waals surface area contributed by atoms with Crippen LogP contribution in [0.1, 0.15) is 35.5 Å². The number of carbonyl (C=O) groups excluding carboxylic acids is 1. The minimum absolute atomic E-state index is 0.132. The van der Waals surface area contributed by atoms with Crippen molar-refractivity contribution >= 4 is 6.03 Å². The number of aliphatic hydroxyl groups is 1. The maximum atomic E-state index is 13.7. The maximum absolute atomic E-state index is 13.7. The smallest absolute Gasteiger partial charge is 0.344 e. The van der Waals surface area contributed by atoms with Gasteiger partial charge in [-0.1, -0.05) is 6.07 Å². The number of pyridine rings is 1. The highest BCUT2D eigenvalue weighted by atomic mass is 19.1. The summed E-state index contributed by atoms with van der Waals surface area (Å²) in [6.45, 7) is 1.56. The van der Waals surface area contributed by atoms with E-state index >= 15 is 0 Å². The Kier molecular flexibility index (Phi) is 5.71. The van der Waals surface area contributed by atoms with Gasteiger partial charge in [0.25, 0.3) is 0 Å². The van der Waals surface area contributed by atoms with Gasteiger partial charge in [-0.15, -0.1) is 0 Å². The van der Waals surface area contributed by atoms with Gasteiger partial charge < -0.3 is 10.0 Å². The molecule has 0 radical (unpaired) electrons. The molecular formula is C21H20FN5O2. The van der Waals surface area contributed by atoms with Crippen molar-refractivity contribution < 1.29 is 14.3 Å². The summed E-state index contributed by atoms with van der Waals surface area (Å²) in [6.07, 6.45) is 0.993. The molecule has 1 aromatic carbocycles. The molecule has 7 nitrogen and oxygen atoms in total. The predicted octanol–water partition coefficient (Wildman–Crippen LogP) is 3.13. The molecule has 1 amide bonds. The molecule has 8 heteroatoms. The van der Waals surface area contributed by atoms with E-state index < -0.39 is 11.9 Å². The van der Waals surface area contributed by atoms with Gasteiger partial charge in [-0.05, 0) is 48.4 Å². The SMILES string of the molecule is C[C@@H](O)c1cc(F)ccc1-c1ncccc1Cc1cc(C#N)nn1C(=O)N(C)C. The number of nitrogens with zero attached hydrogens (tertiary/aromatic N) is 5. The Labute approximate surface area is 167 Å². The van der Waals surface area contributed by atoms with E-state index in [-0.39, 0.29) is 18.1 Å². The second-order valence-electron chi connectivity index (χ2n) is 6.82. The van der Waals surface area contributed by atoms with E-state index in [0.29, 0.717) is 22.5 Å². The lowest BCUT2D eigenvalue weighted by Crippen LogP contribution is -2.29. The third-order valence-electron chi connectivity index (χ3n) is 4.44. The quantitative estimate of drug-likeness (QED) is 0.735. The second-order valence-corrected chi connectivity index (χ2v) is 6.82. The Bertz CT molecular complexity index is 1100. The molecule has 29 heavy (non-hydrogen) atoms. The molecule has 3 rings (SSSR count). The fourth-order valence-electron chi connectivity index (χ4n) is 3.07. The minimum Gasteiger partial charge on any atom is -0.389 e. The van der Waals surface area contributed by atoms with E-state index in [0.717, 1.165) is 5.56 Å². The molecule has 2 aromatic heterocycles. The number of aromatic nitrogens is 3. The topological polar surface area (TPSA) is 95.0 Å². The molecule has 0 bridgehead atoms. The lowest BCUT2D eigenvalue weighted by molar-refractivity contribution is 0.199. The number of carbonyl (C=O) groups is 1. The number of amides is 1. The summed E-state index contributed by atoms with van der Waals surface area (Å²) in [4.78, 5) is 18.2. The number of aliphatic hydroxyl groups excluding tert-OH is 1. The van der Waals surface area contributed by atoms with Gasteiger partial charge >= 0.3 is 6.03 Å². The van der Waals surface area contributed by atoms with E-state index in [1.165, 1.54) is 21.7 Å². The summed E-state index contributed by atoms with van der Waals surface area (Å²) in [7, 11) is 3.20. The first kappa shape index (κ1) is 20.2. The Morgan fingerprint density at radius 3 is 2.76 bits per heavy atom. The molecule has 0 aliphatic rings. The number of halogens is 1. The van der Waals surface area contributed by atoms with Crippen LogP contribution in [-0.4, -0.2) is 44.9 Å². The highest BCUT2D eigenvalue weighted by Crippen LogP contribution is 2.31. The molecule has 1 N–H and O–H groups in total. The number of hydrogen-bond donors (Lipinski definition) is 1. The summed E-state index contributed by atoms with van der Waals surface area (Å²) in [5, 5.41) is 23.3. The lowest BCUT2D eigenvalue weighted by Gasteiger charge is -2.16. The van der Waals surface area contributed by atoms with Crippen molar-refractivity contribution in [3.8, 4) is 17.3 Å². The number of benzene rings is 1. The second kappa shape index (κ2) is 8.20. The Morgan fingerprint density at radius 2 is 2.10 bits per heavy atom. The van der Waals surface area contributed by atoms with Gasteiger partial charge in [0.15, 0.2) is 5.69 Å². The van der Waals surface area contributed by atoms with Crippen LogP contribution in [0.3, 0.4) is 0 Å². The zero-order valence-corrected chi connectivity index (χ0v) is 16.3. The van der Waals surface area contributed by atoms with Crippen LogP contribution in [0.2, 0.25) is 0 Å². The van der Waals surface area contributed by atoms with Crippen molar-refractivity contribution in [2.24, 2.45) is 0 Å². The number of rotatable bonds is 4. The molecule has 0 fully saturated rings. The molecule has 0 aliphatic heterocycles. The first-order chi connectivity index (χ1) is 13.8. The predicted molar refractivity (Wildman–Crippen MR) is 104 cm³/mol. The van der Waals surface area contributed by atoms with E-state index in [1.807, 2.05) is 12.1 Å². The summed E-state index contributed by atoms with van der Waals surface area (Å²) >= 11 is 0. The third-order valence-corrected chi connectivity index (χ3v) is 4.44. The molecule has 0 aliphatic carbocycles. The van der Waals surface area contributed by atoms with E-state index in [9.17, 15) is 19.6 Å². The van der Waals surface area contributed by atoms with Gasteiger partial charge in [-0.2, -0.15) is 15.0 Å². The van der Waals surface area contributed by atoms with Crippen molar-refractivity contribution in [1.82, 2.24) is 19.7 Å². The molecule has 148 valence electrons. The van der Waals surface area contributed by atoms with Crippen molar-refractivity contribution in [3.63, 3.8) is 0 Å². The maximum Gasteiger partial charge on any atom is 0.344 e. The molecule has 0 saturated carbocycles. The molecule has 1 atom stereocenters.